The van der Waals surface area contributed by atoms with Gasteiger partial charge in [0, 0.05) is 44.2 Å². The topological polar surface area (TPSA) is 35.6 Å². The van der Waals surface area contributed by atoms with Crippen molar-refractivity contribution in [1.29, 1.82) is 0 Å². The number of carbonyl (C=O) groups is 1. The van der Waals surface area contributed by atoms with Crippen LogP contribution in [-0.2, 0) is 4.79 Å². The van der Waals surface area contributed by atoms with Gasteiger partial charge in [-0.25, -0.2) is 0 Å². The van der Waals surface area contributed by atoms with Crippen LogP contribution in [0.5, 0.6) is 0 Å². The normalized spacial score (nSPS) is 29.2. The summed E-state index contributed by atoms with van der Waals surface area (Å²) in [5.74, 6) is 0.651. The molecular formula is C14H28ClN3O. The summed E-state index contributed by atoms with van der Waals surface area (Å²) in [6.45, 7) is 11.5. The highest BCUT2D eigenvalue weighted by molar-refractivity contribution is 5.85. The molecule has 0 aromatic rings. The lowest BCUT2D eigenvalue weighted by molar-refractivity contribution is -0.138. The van der Waals surface area contributed by atoms with Gasteiger partial charge in [0.2, 0.25) is 5.91 Å². The van der Waals surface area contributed by atoms with Crippen molar-refractivity contribution < 1.29 is 4.79 Å². The summed E-state index contributed by atoms with van der Waals surface area (Å²) < 4.78 is 0. The van der Waals surface area contributed by atoms with E-state index in [-0.39, 0.29) is 18.3 Å². The Kier molecular flexibility index (Phi) is 6.57. The average molecular weight is 290 g/mol. The van der Waals surface area contributed by atoms with Crippen LogP contribution in [0, 0.1) is 5.92 Å². The number of piperidine rings is 1. The van der Waals surface area contributed by atoms with Crippen LogP contribution in [0.25, 0.3) is 0 Å². The van der Waals surface area contributed by atoms with Crippen LogP contribution in [0.1, 0.15) is 33.6 Å². The molecule has 2 aliphatic heterocycles. The van der Waals surface area contributed by atoms with Crippen molar-refractivity contribution in [3.63, 3.8) is 0 Å². The molecule has 2 aliphatic rings. The second-order valence-electron chi connectivity index (χ2n) is 6.03. The SMILES string of the molecule is CC(C)N1CCN(C(=O)[C@H]2CCN[C@@H](C)C2)CC1.Cl. The lowest BCUT2D eigenvalue weighted by Crippen LogP contribution is -2.53. The first-order valence-corrected chi connectivity index (χ1v) is 7.34. The van der Waals surface area contributed by atoms with E-state index in [4.69, 9.17) is 0 Å². The summed E-state index contributed by atoms with van der Waals surface area (Å²) in [6.07, 6.45) is 2.01. The Hall–Kier alpha value is -0.320. The maximum absolute atomic E-state index is 12.5. The van der Waals surface area contributed by atoms with Gasteiger partial charge in [0.15, 0.2) is 0 Å². The maximum atomic E-state index is 12.5. The fourth-order valence-electron chi connectivity index (χ4n) is 3.07. The Morgan fingerprint density at radius 3 is 2.37 bits per heavy atom. The number of rotatable bonds is 2. The molecule has 0 bridgehead atoms. The van der Waals surface area contributed by atoms with Crippen molar-refractivity contribution in [2.75, 3.05) is 32.7 Å². The minimum Gasteiger partial charge on any atom is -0.340 e. The van der Waals surface area contributed by atoms with Gasteiger partial charge in [0.1, 0.15) is 0 Å². The molecule has 2 atom stereocenters. The Labute approximate surface area is 123 Å². The van der Waals surface area contributed by atoms with Gasteiger partial charge in [-0.05, 0) is 40.2 Å². The van der Waals surface area contributed by atoms with E-state index in [0.717, 1.165) is 45.6 Å². The van der Waals surface area contributed by atoms with Crippen LogP contribution in [-0.4, -0.2) is 60.5 Å². The van der Waals surface area contributed by atoms with Crippen molar-refractivity contribution in [1.82, 2.24) is 15.1 Å². The van der Waals surface area contributed by atoms with Gasteiger partial charge in [-0.1, -0.05) is 0 Å². The van der Waals surface area contributed by atoms with E-state index >= 15 is 0 Å². The van der Waals surface area contributed by atoms with E-state index < -0.39 is 0 Å². The fourth-order valence-corrected chi connectivity index (χ4v) is 3.07. The molecule has 1 amide bonds. The zero-order valence-electron chi connectivity index (χ0n) is 12.4. The van der Waals surface area contributed by atoms with Gasteiger partial charge < -0.3 is 10.2 Å². The highest BCUT2D eigenvalue weighted by Gasteiger charge is 2.30. The van der Waals surface area contributed by atoms with E-state index in [9.17, 15) is 4.79 Å². The first-order chi connectivity index (χ1) is 8.58. The third kappa shape index (κ3) is 4.33. The van der Waals surface area contributed by atoms with Crippen LogP contribution < -0.4 is 5.32 Å². The van der Waals surface area contributed by atoms with Crippen LogP contribution >= 0.6 is 12.4 Å². The summed E-state index contributed by atoms with van der Waals surface area (Å²) in [6, 6.07) is 1.09. The second-order valence-corrected chi connectivity index (χ2v) is 6.03. The number of nitrogens with zero attached hydrogens (tertiary/aromatic N) is 2. The Morgan fingerprint density at radius 1 is 1.21 bits per heavy atom. The summed E-state index contributed by atoms with van der Waals surface area (Å²) in [4.78, 5) is 17.0. The molecular weight excluding hydrogens is 262 g/mol. The number of amides is 1. The molecule has 1 N–H and O–H groups in total. The Bertz CT molecular complexity index is 290. The molecule has 0 radical (unpaired) electrons. The number of piperazine rings is 1. The molecule has 0 saturated carbocycles. The summed E-state index contributed by atoms with van der Waals surface area (Å²) in [5, 5.41) is 3.41. The predicted octanol–water partition coefficient (Wildman–Crippen LogP) is 1.35. The summed E-state index contributed by atoms with van der Waals surface area (Å²) in [7, 11) is 0. The molecule has 2 saturated heterocycles. The second kappa shape index (κ2) is 7.46. The summed E-state index contributed by atoms with van der Waals surface area (Å²) >= 11 is 0. The molecule has 0 aromatic carbocycles. The third-order valence-electron chi connectivity index (χ3n) is 4.33. The molecule has 5 heteroatoms. The molecule has 112 valence electrons. The lowest BCUT2D eigenvalue weighted by atomic mass is 9.92. The van der Waals surface area contributed by atoms with E-state index in [2.05, 4.69) is 35.9 Å². The highest BCUT2D eigenvalue weighted by atomic mass is 35.5. The largest absolute Gasteiger partial charge is 0.340 e. The first-order valence-electron chi connectivity index (χ1n) is 7.34. The number of carbonyl (C=O) groups excluding carboxylic acids is 1. The minimum atomic E-state index is 0. The summed E-state index contributed by atoms with van der Waals surface area (Å²) in [5.41, 5.74) is 0. The van der Waals surface area contributed by atoms with Gasteiger partial charge in [-0.2, -0.15) is 0 Å². The maximum Gasteiger partial charge on any atom is 0.225 e. The Balaban J connectivity index is 0.00000180. The number of hydrogen-bond acceptors (Lipinski definition) is 3. The van der Waals surface area contributed by atoms with Gasteiger partial charge in [-0.15, -0.1) is 12.4 Å². The molecule has 4 nitrogen and oxygen atoms in total. The highest BCUT2D eigenvalue weighted by Crippen LogP contribution is 2.20. The third-order valence-corrected chi connectivity index (χ3v) is 4.33. The van der Waals surface area contributed by atoms with Crippen molar-refractivity contribution >= 4 is 18.3 Å². The van der Waals surface area contributed by atoms with Crippen LogP contribution in [0.2, 0.25) is 0 Å². The average Bonchev–Trinajstić information content (AvgIpc) is 2.38. The predicted molar refractivity (Wildman–Crippen MR) is 80.7 cm³/mol. The van der Waals surface area contributed by atoms with Crippen molar-refractivity contribution in [3.8, 4) is 0 Å². The fraction of sp³-hybridized carbons (Fsp3) is 0.929. The molecule has 19 heavy (non-hydrogen) atoms. The molecule has 0 aromatic heterocycles. The molecule has 0 unspecified atom stereocenters. The molecule has 0 spiro atoms. The van der Waals surface area contributed by atoms with Gasteiger partial charge in [-0.3, -0.25) is 9.69 Å². The molecule has 2 fully saturated rings. The lowest BCUT2D eigenvalue weighted by Gasteiger charge is -2.39. The quantitative estimate of drug-likeness (QED) is 0.834. The standard InChI is InChI=1S/C14H27N3O.ClH/c1-11(2)16-6-8-17(9-7-16)14(18)13-4-5-15-12(3)10-13;/h11-13,15H,4-10H2,1-3H3;1H/t12-,13-;/m0./s1. The number of halogens is 1. The van der Waals surface area contributed by atoms with Gasteiger partial charge >= 0.3 is 0 Å². The Morgan fingerprint density at radius 2 is 1.84 bits per heavy atom. The first kappa shape index (κ1) is 16.7. The molecule has 2 rings (SSSR count). The van der Waals surface area contributed by atoms with Gasteiger partial charge in [0.05, 0.1) is 0 Å². The van der Waals surface area contributed by atoms with E-state index in [1.165, 1.54) is 0 Å². The van der Waals surface area contributed by atoms with Crippen LogP contribution in [0.4, 0.5) is 0 Å². The molecule has 2 heterocycles. The van der Waals surface area contributed by atoms with E-state index in [1.54, 1.807) is 0 Å². The van der Waals surface area contributed by atoms with E-state index in [1.807, 2.05) is 0 Å². The van der Waals surface area contributed by atoms with Crippen molar-refractivity contribution in [2.24, 2.45) is 5.92 Å². The monoisotopic (exact) mass is 289 g/mol. The van der Waals surface area contributed by atoms with Crippen molar-refractivity contribution in [3.05, 3.63) is 0 Å². The van der Waals surface area contributed by atoms with Crippen LogP contribution in [0.15, 0.2) is 0 Å². The smallest absolute Gasteiger partial charge is 0.225 e. The zero-order valence-corrected chi connectivity index (χ0v) is 13.2. The number of nitrogens with one attached hydrogen (secondary N) is 1. The van der Waals surface area contributed by atoms with E-state index in [0.29, 0.717) is 18.0 Å². The van der Waals surface area contributed by atoms with Gasteiger partial charge in [0.25, 0.3) is 0 Å². The zero-order chi connectivity index (χ0) is 13.1. The number of hydrogen-bond donors (Lipinski definition) is 1. The molecule has 0 aliphatic carbocycles. The van der Waals surface area contributed by atoms with Crippen LogP contribution in [0.3, 0.4) is 0 Å². The van der Waals surface area contributed by atoms with Crippen molar-refractivity contribution in [2.45, 2.75) is 45.7 Å². The minimum absolute atomic E-state index is 0.